The summed E-state index contributed by atoms with van der Waals surface area (Å²) in [6.07, 6.45) is 0.903. The first kappa shape index (κ1) is 12.0. The Labute approximate surface area is 93.4 Å². The van der Waals surface area contributed by atoms with Gasteiger partial charge in [-0.25, -0.2) is 4.98 Å². The fourth-order valence-corrected chi connectivity index (χ4v) is 1.72. The van der Waals surface area contributed by atoms with E-state index in [1.165, 1.54) is 11.3 Å². The highest BCUT2D eigenvalue weighted by atomic mass is 32.1. The highest BCUT2D eigenvalue weighted by molar-refractivity contribution is 7.13. The predicted molar refractivity (Wildman–Crippen MR) is 61.4 cm³/mol. The van der Waals surface area contributed by atoms with E-state index in [1.54, 1.807) is 13.8 Å². The molecule has 4 nitrogen and oxygen atoms in total. The summed E-state index contributed by atoms with van der Waals surface area (Å²) in [5.74, 6) is -0.803. The van der Waals surface area contributed by atoms with Gasteiger partial charge < -0.3 is 10.4 Å². The van der Waals surface area contributed by atoms with Crippen LogP contribution in [0.2, 0.25) is 0 Å². The number of aryl methyl sites for hydroxylation is 1. The molecule has 0 radical (unpaired) electrons. The van der Waals surface area contributed by atoms with E-state index in [0.717, 1.165) is 17.2 Å². The number of aliphatic carboxylic acids is 1. The van der Waals surface area contributed by atoms with Crippen molar-refractivity contribution >= 4 is 22.4 Å². The number of nitrogens with zero attached hydrogens (tertiary/aromatic N) is 1. The summed E-state index contributed by atoms with van der Waals surface area (Å²) >= 11 is 1.51. The van der Waals surface area contributed by atoms with Gasteiger partial charge in [0.25, 0.3) is 0 Å². The van der Waals surface area contributed by atoms with Crippen molar-refractivity contribution in [3.05, 3.63) is 11.1 Å². The summed E-state index contributed by atoms with van der Waals surface area (Å²) in [7, 11) is 0. The Kier molecular flexibility index (Phi) is 3.68. The molecule has 1 heterocycles. The van der Waals surface area contributed by atoms with Crippen LogP contribution in [0, 0.1) is 5.41 Å². The van der Waals surface area contributed by atoms with E-state index in [9.17, 15) is 4.79 Å². The number of rotatable bonds is 5. The average Bonchev–Trinajstić information content (AvgIpc) is 2.62. The molecule has 5 heteroatoms. The minimum Gasteiger partial charge on any atom is -0.481 e. The van der Waals surface area contributed by atoms with Gasteiger partial charge in [-0.1, -0.05) is 6.92 Å². The maximum atomic E-state index is 10.8. The van der Waals surface area contributed by atoms with Crippen LogP contribution >= 0.6 is 11.3 Å². The smallest absolute Gasteiger partial charge is 0.310 e. The fraction of sp³-hybridized carbons (Fsp3) is 0.600. The number of hydrogen-bond donors (Lipinski definition) is 2. The molecule has 84 valence electrons. The highest BCUT2D eigenvalue weighted by Crippen LogP contribution is 2.20. The van der Waals surface area contributed by atoms with Crippen LogP contribution in [0.15, 0.2) is 5.38 Å². The van der Waals surface area contributed by atoms with Gasteiger partial charge in [0.05, 0.1) is 11.1 Å². The van der Waals surface area contributed by atoms with Gasteiger partial charge in [-0.05, 0) is 20.3 Å². The van der Waals surface area contributed by atoms with Gasteiger partial charge in [0.2, 0.25) is 0 Å². The molecule has 1 rings (SSSR count). The number of aromatic nitrogens is 1. The zero-order chi connectivity index (χ0) is 11.5. The van der Waals surface area contributed by atoms with Crippen LogP contribution in [-0.4, -0.2) is 22.6 Å². The third kappa shape index (κ3) is 3.20. The van der Waals surface area contributed by atoms with E-state index in [1.807, 2.05) is 12.3 Å². The minimum absolute atomic E-state index is 0.388. The molecule has 0 unspecified atom stereocenters. The lowest BCUT2D eigenvalue weighted by Crippen LogP contribution is -2.31. The summed E-state index contributed by atoms with van der Waals surface area (Å²) in [6.45, 7) is 5.81. The number of carboxylic acid groups (broad SMARTS) is 1. The van der Waals surface area contributed by atoms with Crippen LogP contribution in [0.1, 0.15) is 26.5 Å². The number of carboxylic acids is 1. The van der Waals surface area contributed by atoms with E-state index in [2.05, 4.69) is 10.3 Å². The van der Waals surface area contributed by atoms with E-state index in [-0.39, 0.29) is 0 Å². The molecule has 0 aliphatic carbocycles. The van der Waals surface area contributed by atoms with Crippen LogP contribution in [0.25, 0.3) is 0 Å². The molecule has 2 N–H and O–H groups in total. The van der Waals surface area contributed by atoms with Gasteiger partial charge in [-0.3, -0.25) is 4.79 Å². The molecule has 1 aromatic rings. The number of carbonyl (C=O) groups is 1. The number of hydrogen-bond acceptors (Lipinski definition) is 4. The lowest BCUT2D eigenvalue weighted by atomic mass is 9.94. The van der Waals surface area contributed by atoms with Crippen LogP contribution < -0.4 is 5.32 Å². The Morgan fingerprint density at radius 2 is 2.33 bits per heavy atom. The molecular formula is C10H16N2O2S. The van der Waals surface area contributed by atoms with Crippen molar-refractivity contribution in [3.63, 3.8) is 0 Å². The largest absolute Gasteiger partial charge is 0.481 e. The van der Waals surface area contributed by atoms with Crippen molar-refractivity contribution in [2.24, 2.45) is 5.41 Å². The second kappa shape index (κ2) is 4.61. The second-order valence-corrected chi connectivity index (χ2v) is 4.90. The third-order valence-corrected chi connectivity index (χ3v) is 3.02. The monoisotopic (exact) mass is 228 g/mol. The van der Waals surface area contributed by atoms with E-state index < -0.39 is 11.4 Å². The van der Waals surface area contributed by atoms with Crippen molar-refractivity contribution in [3.8, 4) is 0 Å². The van der Waals surface area contributed by atoms with Gasteiger partial charge in [0, 0.05) is 11.9 Å². The van der Waals surface area contributed by atoms with Gasteiger partial charge in [-0.15, -0.1) is 11.3 Å². The van der Waals surface area contributed by atoms with Crippen molar-refractivity contribution in [1.29, 1.82) is 0 Å². The molecule has 1 aromatic heterocycles. The predicted octanol–water partition coefficient (Wildman–Crippen LogP) is 2.23. The number of thiazole rings is 1. The van der Waals surface area contributed by atoms with Crippen LogP contribution in [0.3, 0.4) is 0 Å². The lowest BCUT2D eigenvalue weighted by Gasteiger charge is -2.18. The third-order valence-electron chi connectivity index (χ3n) is 2.17. The first-order chi connectivity index (χ1) is 6.95. The van der Waals surface area contributed by atoms with Crippen molar-refractivity contribution in [2.45, 2.75) is 27.2 Å². The quantitative estimate of drug-likeness (QED) is 0.811. The summed E-state index contributed by atoms with van der Waals surface area (Å²) in [6, 6.07) is 0. The molecule has 15 heavy (non-hydrogen) atoms. The Bertz CT molecular complexity index is 347. The van der Waals surface area contributed by atoms with Crippen LogP contribution in [0.4, 0.5) is 5.13 Å². The summed E-state index contributed by atoms with van der Waals surface area (Å²) < 4.78 is 0. The van der Waals surface area contributed by atoms with E-state index >= 15 is 0 Å². The van der Waals surface area contributed by atoms with Crippen LogP contribution in [0.5, 0.6) is 0 Å². The minimum atomic E-state index is -0.803. The molecule has 0 aliphatic heterocycles. The van der Waals surface area contributed by atoms with E-state index in [0.29, 0.717) is 6.54 Å². The van der Waals surface area contributed by atoms with Crippen LogP contribution in [-0.2, 0) is 11.2 Å². The van der Waals surface area contributed by atoms with Crippen molar-refractivity contribution in [2.75, 3.05) is 11.9 Å². The SMILES string of the molecule is CCc1csc(NCC(C)(C)C(=O)O)n1. The Hall–Kier alpha value is -1.10. The summed E-state index contributed by atoms with van der Waals surface area (Å²) in [4.78, 5) is 15.2. The first-order valence-electron chi connectivity index (χ1n) is 4.87. The molecule has 0 aliphatic rings. The molecule has 0 saturated heterocycles. The highest BCUT2D eigenvalue weighted by Gasteiger charge is 2.26. The van der Waals surface area contributed by atoms with Gasteiger partial charge >= 0.3 is 5.97 Å². The number of anilines is 1. The molecule has 0 atom stereocenters. The molecule has 0 bridgehead atoms. The van der Waals surface area contributed by atoms with Gasteiger partial charge in [0.1, 0.15) is 0 Å². The summed E-state index contributed by atoms with van der Waals surface area (Å²) in [5, 5.41) is 14.7. The Morgan fingerprint density at radius 1 is 1.67 bits per heavy atom. The number of nitrogens with one attached hydrogen (secondary N) is 1. The average molecular weight is 228 g/mol. The molecule has 0 spiro atoms. The molecule has 0 fully saturated rings. The standard InChI is InChI=1S/C10H16N2O2S/c1-4-7-5-15-9(12-7)11-6-10(2,3)8(13)14/h5H,4,6H2,1-3H3,(H,11,12)(H,13,14). The van der Waals surface area contributed by atoms with Gasteiger partial charge in [0.15, 0.2) is 5.13 Å². The zero-order valence-electron chi connectivity index (χ0n) is 9.20. The second-order valence-electron chi connectivity index (χ2n) is 4.04. The molecule has 0 amide bonds. The lowest BCUT2D eigenvalue weighted by molar-refractivity contribution is -0.146. The topological polar surface area (TPSA) is 62.2 Å². The first-order valence-corrected chi connectivity index (χ1v) is 5.75. The Balaban J connectivity index is 2.53. The van der Waals surface area contributed by atoms with Crippen molar-refractivity contribution in [1.82, 2.24) is 4.98 Å². The maximum absolute atomic E-state index is 10.8. The molecular weight excluding hydrogens is 212 g/mol. The van der Waals surface area contributed by atoms with E-state index in [4.69, 9.17) is 5.11 Å². The summed E-state index contributed by atoms with van der Waals surface area (Å²) in [5.41, 5.74) is 0.272. The molecule has 0 saturated carbocycles. The van der Waals surface area contributed by atoms with Crippen molar-refractivity contribution < 1.29 is 9.90 Å². The maximum Gasteiger partial charge on any atom is 0.310 e. The zero-order valence-corrected chi connectivity index (χ0v) is 10.0. The van der Waals surface area contributed by atoms with Gasteiger partial charge in [-0.2, -0.15) is 0 Å². The Morgan fingerprint density at radius 3 is 2.80 bits per heavy atom. The fourth-order valence-electron chi connectivity index (χ4n) is 0.923. The molecule has 0 aromatic carbocycles. The normalized spacial score (nSPS) is 11.4.